The van der Waals surface area contributed by atoms with Gasteiger partial charge in [-0.1, -0.05) is 36.7 Å². The first kappa shape index (κ1) is 34.9. The van der Waals surface area contributed by atoms with Gasteiger partial charge in [-0.05, 0) is 79.4 Å². The molecule has 4 aromatic rings. The van der Waals surface area contributed by atoms with Crippen molar-refractivity contribution in [1.82, 2.24) is 14.5 Å². The van der Waals surface area contributed by atoms with Crippen LogP contribution in [0.4, 0.5) is 4.39 Å². The molecule has 2 unspecified atom stereocenters. The van der Waals surface area contributed by atoms with Crippen molar-refractivity contribution >= 4 is 17.9 Å². The molecule has 0 saturated carbocycles. The molecule has 0 spiro atoms. The first-order chi connectivity index (χ1) is 22.0. The Morgan fingerprint density at radius 1 is 1.11 bits per heavy atom. The summed E-state index contributed by atoms with van der Waals surface area (Å²) in [5, 5.41) is 43.5. The van der Waals surface area contributed by atoms with E-state index in [1.807, 2.05) is 6.07 Å². The van der Waals surface area contributed by atoms with E-state index < -0.39 is 17.1 Å². The molecule has 1 aliphatic heterocycles. The number of carbonyl (C=O) groups excluding carboxylic acids is 1. The van der Waals surface area contributed by atoms with Crippen LogP contribution in [0.2, 0.25) is 5.02 Å². The van der Waals surface area contributed by atoms with Crippen LogP contribution in [0.3, 0.4) is 0 Å². The van der Waals surface area contributed by atoms with Gasteiger partial charge in [-0.2, -0.15) is 5.26 Å². The third-order valence-electron chi connectivity index (χ3n) is 8.25. The van der Waals surface area contributed by atoms with Gasteiger partial charge in [0.1, 0.15) is 11.4 Å². The minimum Gasteiger partial charge on any atom is -0.392 e. The highest BCUT2D eigenvalue weighted by Crippen LogP contribution is 2.41. The van der Waals surface area contributed by atoms with Gasteiger partial charge in [0.2, 0.25) is 0 Å². The topological polar surface area (TPSA) is 132 Å². The van der Waals surface area contributed by atoms with Crippen LogP contribution in [0.5, 0.6) is 0 Å². The number of aromatic nitrogens is 2. The Balaban J connectivity index is 0.000000874. The lowest BCUT2D eigenvalue weighted by Gasteiger charge is -2.40. The third-order valence-corrected chi connectivity index (χ3v) is 8.51. The monoisotopic (exact) mass is 648 g/mol. The lowest BCUT2D eigenvalue weighted by Crippen LogP contribution is -2.46. The molecule has 11 heteroatoms. The van der Waals surface area contributed by atoms with Crippen LogP contribution >= 0.6 is 11.6 Å². The Morgan fingerprint density at radius 3 is 2.33 bits per heavy atom. The molecule has 5 rings (SSSR count). The Labute approximate surface area is 273 Å². The number of aldehydes is 1. The normalized spacial score (nSPS) is 15.4. The summed E-state index contributed by atoms with van der Waals surface area (Å²) in [6.45, 7) is 3.37. The van der Waals surface area contributed by atoms with Gasteiger partial charge >= 0.3 is 0 Å². The molecule has 0 amide bonds. The highest BCUT2D eigenvalue weighted by molar-refractivity contribution is 6.30. The van der Waals surface area contributed by atoms with E-state index in [9.17, 15) is 25.4 Å². The summed E-state index contributed by atoms with van der Waals surface area (Å²) in [5.74, 6) is -0.918. The minimum atomic E-state index is -2.20. The summed E-state index contributed by atoms with van der Waals surface area (Å²) in [6, 6.07) is 15.4. The van der Waals surface area contributed by atoms with E-state index >= 15 is 4.39 Å². The quantitative estimate of drug-likeness (QED) is 0.159. The number of aliphatic hydroxyl groups is 3. The molecule has 1 saturated heterocycles. The molecular weight excluding hydrogens is 611 g/mol. The lowest BCUT2D eigenvalue weighted by molar-refractivity contribution is -0.0739. The van der Waals surface area contributed by atoms with Crippen LogP contribution in [0.25, 0.3) is 0 Å². The van der Waals surface area contributed by atoms with Crippen molar-refractivity contribution in [3.05, 3.63) is 123 Å². The number of hydrogen-bond donors (Lipinski definition) is 3. The van der Waals surface area contributed by atoms with Gasteiger partial charge in [-0.25, -0.2) is 9.37 Å². The standard InChI is InChI=1S/C31H30ClFN4O4.C4H8O/c1-4-30(40,28-16-36(2)19-35-28)25-12-23(18-39)29(27(33)13-25)31(41,24-7-9-26(32)10-8-24)37(3)15-21-6-5-20(14-34)11-22(21)17-38;1-2-4-5-3-1/h5-13,16,18-19,38,40-41H,4,15,17H2,1-3H3;1-4H2. The molecule has 3 aromatic carbocycles. The van der Waals surface area contributed by atoms with Crippen molar-refractivity contribution in [2.75, 3.05) is 20.3 Å². The van der Waals surface area contributed by atoms with E-state index in [1.54, 1.807) is 62.1 Å². The second-order valence-corrected chi connectivity index (χ2v) is 11.7. The number of imidazole rings is 1. The van der Waals surface area contributed by atoms with Crippen molar-refractivity contribution in [3.63, 3.8) is 0 Å². The average Bonchev–Trinajstić information content (AvgIpc) is 3.80. The molecule has 1 aliphatic rings. The first-order valence-electron chi connectivity index (χ1n) is 14.9. The van der Waals surface area contributed by atoms with Gasteiger partial charge in [0.25, 0.3) is 0 Å². The SMILES string of the molecule is C1CCOC1.CCC(O)(c1cc(F)c(C(O)(c2ccc(Cl)cc2)N(C)Cc2ccc(C#N)cc2CO)c(C=O)c1)c1cn(C)cn1. The number of carbonyl (C=O) groups is 1. The van der Waals surface area contributed by atoms with E-state index in [0.717, 1.165) is 19.3 Å². The summed E-state index contributed by atoms with van der Waals surface area (Å²) in [5.41, 5.74) is -2.35. The Hall–Kier alpha value is -3.95. The molecule has 0 aliphatic carbocycles. The number of benzene rings is 3. The minimum absolute atomic E-state index is 0.00699. The van der Waals surface area contributed by atoms with Gasteiger partial charge in [-0.3, -0.25) is 9.69 Å². The van der Waals surface area contributed by atoms with E-state index in [2.05, 4.69) is 4.98 Å². The highest BCUT2D eigenvalue weighted by Gasteiger charge is 2.42. The smallest absolute Gasteiger partial charge is 0.174 e. The number of halogens is 2. The van der Waals surface area contributed by atoms with Crippen LogP contribution in [0.15, 0.2) is 67.1 Å². The van der Waals surface area contributed by atoms with E-state index in [1.165, 1.54) is 42.3 Å². The largest absolute Gasteiger partial charge is 0.392 e. The van der Waals surface area contributed by atoms with E-state index in [0.29, 0.717) is 28.0 Å². The first-order valence-corrected chi connectivity index (χ1v) is 15.3. The Kier molecular flexibility index (Phi) is 11.5. The second-order valence-electron chi connectivity index (χ2n) is 11.3. The van der Waals surface area contributed by atoms with Gasteiger partial charge in [-0.15, -0.1) is 0 Å². The number of nitrogens with zero attached hydrogens (tertiary/aromatic N) is 4. The van der Waals surface area contributed by atoms with Crippen molar-refractivity contribution in [2.45, 2.75) is 50.7 Å². The summed E-state index contributed by atoms with van der Waals surface area (Å²) in [6.07, 6.45) is 6.26. The fourth-order valence-corrected chi connectivity index (χ4v) is 5.73. The third kappa shape index (κ3) is 7.21. The van der Waals surface area contributed by atoms with E-state index in [4.69, 9.17) is 16.3 Å². The number of nitriles is 1. The molecule has 9 nitrogen and oxygen atoms in total. The highest BCUT2D eigenvalue weighted by atomic mass is 35.5. The second kappa shape index (κ2) is 15.1. The zero-order chi connectivity index (χ0) is 33.5. The van der Waals surface area contributed by atoms with E-state index in [-0.39, 0.29) is 47.5 Å². The maximum absolute atomic E-state index is 16.3. The maximum atomic E-state index is 16.3. The van der Waals surface area contributed by atoms with Gasteiger partial charge in [0.15, 0.2) is 12.0 Å². The predicted octanol–water partition coefficient (Wildman–Crippen LogP) is 5.16. The Bertz CT molecular complexity index is 1690. The van der Waals surface area contributed by atoms with Crippen molar-refractivity contribution < 1.29 is 29.2 Å². The van der Waals surface area contributed by atoms with Gasteiger partial charge < -0.3 is 24.6 Å². The summed E-state index contributed by atoms with van der Waals surface area (Å²) in [4.78, 5) is 18.2. The van der Waals surface area contributed by atoms with Gasteiger partial charge in [0, 0.05) is 54.7 Å². The Morgan fingerprint density at radius 2 is 1.80 bits per heavy atom. The molecule has 2 atom stereocenters. The van der Waals surface area contributed by atoms with Crippen LogP contribution in [0, 0.1) is 17.1 Å². The van der Waals surface area contributed by atoms with Crippen LogP contribution in [0.1, 0.15) is 75.6 Å². The molecule has 2 heterocycles. The van der Waals surface area contributed by atoms with Crippen molar-refractivity contribution in [2.24, 2.45) is 7.05 Å². The number of hydrogen-bond acceptors (Lipinski definition) is 8. The number of aryl methyl sites for hydroxylation is 1. The van der Waals surface area contributed by atoms with Crippen LogP contribution < -0.4 is 0 Å². The van der Waals surface area contributed by atoms with Crippen molar-refractivity contribution in [1.29, 1.82) is 5.26 Å². The number of aliphatic hydroxyl groups excluding tert-OH is 1. The fraction of sp³-hybridized carbons (Fsp3) is 0.343. The van der Waals surface area contributed by atoms with Crippen LogP contribution in [-0.4, -0.2) is 56.3 Å². The summed E-state index contributed by atoms with van der Waals surface area (Å²) >= 11 is 6.11. The summed E-state index contributed by atoms with van der Waals surface area (Å²) in [7, 11) is 3.29. The molecule has 242 valence electrons. The fourth-order valence-electron chi connectivity index (χ4n) is 5.60. The zero-order valence-corrected chi connectivity index (χ0v) is 26.8. The average molecular weight is 649 g/mol. The molecular formula is C35H38ClFN4O5. The van der Waals surface area contributed by atoms with Crippen LogP contribution in [-0.2, 0) is 36.3 Å². The zero-order valence-electron chi connectivity index (χ0n) is 26.1. The van der Waals surface area contributed by atoms with Crippen molar-refractivity contribution in [3.8, 4) is 6.07 Å². The molecule has 46 heavy (non-hydrogen) atoms. The van der Waals surface area contributed by atoms with Gasteiger partial charge in [0.05, 0.1) is 30.3 Å². The molecule has 0 bridgehead atoms. The predicted molar refractivity (Wildman–Crippen MR) is 171 cm³/mol. The molecule has 0 radical (unpaired) electrons. The molecule has 3 N–H and O–H groups in total. The molecule has 1 aromatic heterocycles. The number of rotatable bonds is 10. The number of ether oxygens (including phenoxy) is 1. The summed E-state index contributed by atoms with van der Waals surface area (Å²) < 4.78 is 22.9. The maximum Gasteiger partial charge on any atom is 0.174 e. The molecule has 1 fully saturated rings. The lowest BCUT2D eigenvalue weighted by atomic mass is 9.82.